The van der Waals surface area contributed by atoms with E-state index in [2.05, 4.69) is 0 Å². The van der Waals surface area contributed by atoms with Crippen LogP contribution in [0.3, 0.4) is 0 Å². The topological polar surface area (TPSA) is 81.8 Å². The smallest absolute Gasteiger partial charge is 0.280 e. The van der Waals surface area contributed by atoms with Gasteiger partial charge >= 0.3 is 0 Å². The van der Waals surface area contributed by atoms with Gasteiger partial charge in [-0.1, -0.05) is 18.2 Å². The fourth-order valence-corrected chi connectivity index (χ4v) is 3.29. The highest BCUT2D eigenvalue weighted by molar-refractivity contribution is 6.18. The van der Waals surface area contributed by atoms with Crippen LogP contribution in [-0.2, 0) is 6.42 Å². The third kappa shape index (κ3) is 3.49. The monoisotopic (exact) mass is 352 g/mol. The second-order valence-corrected chi connectivity index (χ2v) is 6.94. The normalized spacial score (nSPS) is 15.0. The number of para-hydroxylation sites is 1. The van der Waals surface area contributed by atoms with E-state index in [1.54, 1.807) is 19.2 Å². The molecule has 0 saturated heterocycles. The number of nitro groups is 1. The maximum Gasteiger partial charge on any atom is 0.280 e. The molecule has 0 radical (unpaired) electrons. The molecule has 134 valence electrons. The first-order chi connectivity index (χ1) is 12.3. The van der Waals surface area contributed by atoms with E-state index in [-0.39, 0.29) is 29.0 Å². The Balaban J connectivity index is 2.00. The molecule has 0 amide bonds. The summed E-state index contributed by atoms with van der Waals surface area (Å²) in [7, 11) is 1.59. The van der Waals surface area contributed by atoms with Crippen LogP contribution >= 0.6 is 0 Å². The molecule has 26 heavy (non-hydrogen) atoms. The van der Waals surface area contributed by atoms with E-state index in [9.17, 15) is 14.9 Å². The maximum atomic E-state index is 12.8. The van der Waals surface area contributed by atoms with Crippen molar-refractivity contribution in [1.82, 2.24) is 0 Å². The molecule has 6 heteroatoms. The van der Waals surface area contributed by atoms with Gasteiger partial charge in [0.05, 0.1) is 35.3 Å². The van der Waals surface area contributed by atoms with Crippen molar-refractivity contribution >= 4 is 17.2 Å². The molecule has 1 heterocycles. The Hall–Kier alpha value is -3.02. The molecule has 0 saturated carbocycles. The fraction of sp³-hybridized carbons (Fsp3) is 0.300. The van der Waals surface area contributed by atoms with Gasteiger partial charge in [0.2, 0.25) is 0 Å². The second kappa shape index (κ2) is 6.71. The number of carbonyl (C=O) groups excluding carboxylic acids is 1. The van der Waals surface area contributed by atoms with Gasteiger partial charge in [-0.3, -0.25) is 19.9 Å². The van der Waals surface area contributed by atoms with E-state index in [4.69, 9.17) is 9.73 Å². The van der Waals surface area contributed by atoms with Gasteiger partial charge in [0, 0.05) is 11.6 Å². The number of nitro benzene ring substituents is 1. The molecule has 0 fully saturated rings. The number of carbonyl (C=O) groups is 1. The highest BCUT2D eigenvalue weighted by Crippen LogP contribution is 2.31. The van der Waals surface area contributed by atoms with Gasteiger partial charge in [-0.15, -0.1) is 0 Å². The van der Waals surface area contributed by atoms with E-state index >= 15 is 0 Å². The zero-order valence-corrected chi connectivity index (χ0v) is 15.0. The predicted octanol–water partition coefficient (Wildman–Crippen LogP) is 4.00. The minimum atomic E-state index is -0.531. The van der Waals surface area contributed by atoms with Gasteiger partial charge in [0.25, 0.3) is 5.69 Å². The average molecular weight is 352 g/mol. The number of ketones is 1. The Bertz CT molecular complexity index is 916. The number of ether oxygens (including phenoxy) is 1. The van der Waals surface area contributed by atoms with Crippen LogP contribution in [0.4, 0.5) is 5.69 Å². The van der Waals surface area contributed by atoms with E-state index in [0.29, 0.717) is 11.5 Å². The van der Waals surface area contributed by atoms with Crippen LogP contribution in [0.5, 0.6) is 5.75 Å². The molecular weight excluding hydrogens is 332 g/mol. The number of hydrogen-bond donors (Lipinski definition) is 0. The number of fused-ring (bicyclic) bond motifs is 1. The molecule has 0 atom stereocenters. The van der Waals surface area contributed by atoms with Gasteiger partial charge < -0.3 is 4.74 Å². The molecule has 1 aliphatic rings. The zero-order chi connectivity index (χ0) is 18.9. The lowest BCUT2D eigenvalue weighted by atomic mass is 9.85. The summed E-state index contributed by atoms with van der Waals surface area (Å²) < 4.78 is 5.29. The van der Waals surface area contributed by atoms with Crippen LogP contribution in [0.15, 0.2) is 47.5 Å². The van der Waals surface area contributed by atoms with Crippen LogP contribution in [0.1, 0.15) is 41.8 Å². The van der Waals surface area contributed by atoms with Crippen molar-refractivity contribution in [2.45, 2.75) is 32.2 Å². The summed E-state index contributed by atoms with van der Waals surface area (Å²) in [5.74, 6) is 0.372. The van der Waals surface area contributed by atoms with Gasteiger partial charge in [0.15, 0.2) is 5.78 Å². The van der Waals surface area contributed by atoms with E-state index in [0.717, 1.165) is 17.5 Å². The summed E-state index contributed by atoms with van der Waals surface area (Å²) in [6.07, 6.45) is 0.768. The van der Waals surface area contributed by atoms with Crippen molar-refractivity contribution in [3.8, 4) is 5.75 Å². The Morgan fingerprint density at radius 2 is 2.00 bits per heavy atom. The molecule has 1 aliphatic heterocycles. The molecule has 0 bridgehead atoms. The molecule has 0 N–H and O–H groups in total. The predicted molar refractivity (Wildman–Crippen MR) is 99.4 cm³/mol. The van der Waals surface area contributed by atoms with E-state index < -0.39 is 4.92 Å². The molecule has 6 nitrogen and oxygen atoms in total. The summed E-state index contributed by atoms with van der Waals surface area (Å²) in [6, 6.07) is 11.8. The number of benzene rings is 2. The lowest BCUT2D eigenvalue weighted by molar-refractivity contribution is -0.385. The van der Waals surface area contributed by atoms with Crippen molar-refractivity contribution in [3.63, 3.8) is 0 Å². The lowest BCUT2D eigenvalue weighted by Crippen LogP contribution is -2.30. The average Bonchev–Trinajstić information content (AvgIpc) is 2.60. The molecule has 0 spiro atoms. The standard InChI is InChI=1S/C20H20N2O4/c1-20(2)12-13-8-9-14(26-3)10-16(13)17(21-20)11-19(23)15-6-4-5-7-18(15)22(24)25/h4-10H,11-12H2,1-3H3. The van der Waals surface area contributed by atoms with Gasteiger partial charge in [0.1, 0.15) is 5.75 Å². The van der Waals surface area contributed by atoms with Gasteiger partial charge in [-0.25, -0.2) is 0 Å². The first kappa shape index (κ1) is 17.8. The highest BCUT2D eigenvalue weighted by Gasteiger charge is 2.29. The van der Waals surface area contributed by atoms with Crippen LogP contribution < -0.4 is 4.74 Å². The number of rotatable bonds is 5. The molecule has 3 rings (SSSR count). The highest BCUT2D eigenvalue weighted by atomic mass is 16.6. The fourth-order valence-electron chi connectivity index (χ4n) is 3.29. The molecule has 0 aliphatic carbocycles. The van der Waals surface area contributed by atoms with Gasteiger partial charge in [-0.2, -0.15) is 0 Å². The molecule has 2 aromatic rings. The minimum Gasteiger partial charge on any atom is -0.497 e. The number of Topliss-reactive ketones (excluding diaryl/α,β-unsaturated/α-hetero) is 1. The first-order valence-electron chi connectivity index (χ1n) is 8.33. The second-order valence-electron chi connectivity index (χ2n) is 6.94. The lowest BCUT2D eigenvalue weighted by Gasteiger charge is -2.29. The van der Waals surface area contributed by atoms with E-state index in [1.165, 1.54) is 12.1 Å². The summed E-state index contributed by atoms with van der Waals surface area (Å²) in [5, 5.41) is 11.2. The van der Waals surface area contributed by atoms with Crippen molar-refractivity contribution in [1.29, 1.82) is 0 Å². The van der Waals surface area contributed by atoms with Crippen LogP contribution in [0.2, 0.25) is 0 Å². The molecular formula is C20H20N2O4. The summed E-state index contributed by atoms with van der Waals surface area (Å²) in [6.45, 7) is 4.02. The number of nitrogens with zero attached hydrogens (tertiary/aromatic N) is 2. The van der Waals surface area contributed by atoms with Crippen LogP contribution in [-0.4, -0.2) is 29.1 Å². The summed E-state index contributed by atoms with van der Waals surface area (Å²) >= 11 is 0. The first-order valence-corrected chi connectivity index (χ1v) is 8.33. The van der Waals surface area contributed by atoms with E-state index in [1.807, 2.05) is 32.0 Å². The van der Waals surface area contributed by atoms with Crippen LogP contribution in [0, 0.1) is 10.1 Å². The summed E-state index contributed by atoms with van der Waals surface area (Å²) in [4.78, 5) is 28.2. The third-order valence-corrected chi connectivity index (χ3v) is 4.42. The third-order valence-electron chi connectivity index (χ3n) is 4.42. The number of aliphatic imine (C=N–C) groups is 1. The quantitative estimate of drug-likeness (QED) is 0.463. The van der Waals surface area contributed by atoms with Crippen LogP contribution in [0.25, 0.3) is 0 Å². The maximum absolute atomic E-state index is 12.8. The Morgan fingerprint density at radius 3 is 2.69 bits per heavy atom. The Kier molecular flexibility index (Phi) is 4.59. The molecule has 0 unspecified atom stereocenters. The number of hydrogen-bond acceptors (Lipinski definition) is 5. The Labute approximate surface area is 151 Å². The number of methoxy groups -OCH3 is 1. The largest absolute Gasteiger partial charge is 0.497 e. The molecule has 2 aromatic carbocycles. The zero-order valence-electron chi connectivity index (χ0n) is 15.0. The summed E-state index contributed by atoms with van der Waals surface area (Å²) in [5.41, 5.74) is 2.19. The SMILES string of the molecule is COc1ccc2c(c1)C(CC(=O)c1ccccc1[N+](=O)[O-])=NC(C)(C)C2. The van der Waals surface area contributed by atoms with Crippen molar-refractivity contribution in [2.24, 2.45) is 4.99 Å². The van der Waals surface area contributed by atoms with Crippen molar-refractivity contribution in [2.75, 3.05) is 7.11 Å². The van der Waals surface area contributed by atoms with Crippen molar-refractivity contribution in [3.05, 3.63) is 69.3 Å². The molecule has 0 aromatic heterocycles. The minimum absolute atomic E-state index is 0.00838. The van der Waals surface area contributed by atoms with Gasteiger partial charge in [-0.05, 0) is 44.0 Å². The van der Waals surface area contributed by atoms with Crippen molar-refractivity contribution < 1.29 is 14.5 Å². The Morgan fingerprint density at radius 1 is 1.27 bits per heavy atom.